The minimum Gasteiger partial charge on any atom is -0.385 e. The van der Waals surface area contributed by atoms with Crippen molar-refractivity contribution in [3.8, 4) is 0 Å². The Labute approximate surface area is 119 Å². The normalized spacial score (nSPS) is 14.8. The van der Waals surface area contributed by atoms with Gasteiger partial charge < -0.3 is 10.4 Å². The second-order valence-corrected chi connectivity index (χ2v) is 6.07. The van der Waals surface area contributed by atoms with Crippen molar-refractivity contribution < 1.29 is 5.11 Å². The highest BCUT2D eigenvalue weighted by atomic mass is 35.5. The first-order valence-electron chi connectivity index (χ1n) is 6.21. The van der Waals surface area contributed by atoms with E-state index in [1.165, 1.54) is 0 Å². The predicted molar refractivity (Wildman–Crippen MR) is 78.4 cm³/mol. The van der Waals surface area contributed by atoms with Gasteiger partial charge in [-0.05, 0) is 50.0 Å². The Morgan fingerprint density at radius 2 is 1.94 bits per heavy atom. The first-order valence-corrected chi connectivity index (χ1v) is 6.97. The van der Waals surface area contributed by atoms with Gasteiger partial charge in [-0.3, -0.25) is 0 Å². The summed E-state index contributed by atoms with van der Waals surface area (Å²) in [6, 6.07) is 5.26. The smallest absolute Gasteiger partial charge is 0.0881 e. The zero-order valence-electron chi connectivity index (χ0n) is 11.1. The molecule has 0 bridgehead atoms. The van der Waals surface area contributed by atoms with Crippen molar-refractivity contribution in [3.05, 3.63) is 33.8 Å². The maximum absolute atomic E-state index is 10.4. The molecule has 0 aliphatic heterocycles. The van der Waals surface area contributed by atoms with Crippen LogP contribution in [0.1, 0.15) is 32.8 Å². The summed E-state index contributed by atoms with van der Waals surface area (Å²) in [4.78, 5) is 0. The van der Waals surface area contributed by atoms with E-state index < -0.39 is 5.60 Å². The first kappa shape index (κ1) is 15.8. The van der Waals surface area contributed by atoms with E-state index in [2.05, 4.69) is 19.2 Å². The average Bonchev–Trinajstić information content (AvgIpc) is 2.28. The van der Waals surface area contributed by atoms with E-state index in [1.807, 2.05) is 6.07 Å². The average molecular weight is 290 g/mol. The first-order chi connectivity index (χ1) is 8.33. The molecule has 0 aliphatic rings. The number of aliphatic hydroxyl groups is 1. The number of hydrogen-bond donors (Lipinski definition) is 2. The lowest BCUT2D eigenvalue weighted by molar-refractivity contribution is 0.0478. The molecular formula is C14H21Cl2NO. The monoisotopic (exact) mass is 289 g/mol. The van der Waals surface area contributed by atoms with Crippen molar-refractivity contribution in [2.24, 2.45) is 5.92 Å². The Balaban J connectivity index is 2.59. The summed E-state index contributed by atoms with van der Waals surface area (Å²) in [5, 5.41) is 14.7. The zero-order chi connectivity index (χ0) is 13.8. The van der Waals surface area contributed by atoms with Gasteiger partial charge in [-0.25, -0.2) is 0 Å². The largest absolute Gasteiger partial charge is 0.385 e. The molecule has 0 radical (unpaired) electrons. The quantitative estimate of drug-likeness (QED) is 0.780. The number of nitrogens with one attached hydrogen (secondary N) is 1. The molecule has 2 N–H and O–H groups in total. The predicted octanol–water partition coefficient (Wildman–Crippen LogP) is 3.84. The summed E-state index contributed by atoms with van der Waals surface area (Å²) in [6.45, 7) is 7.83. The second-order valence-electron chi connectivity index (χ2n) is 5.25. The van der Waals surface area contributed by atoms with Crippen molar-refractivity contribution >= 4 is 23.2 Å². The van der Waals surface area contributed by atoms with Crippen molar-refractivity contribution in [2.75, 3.05) is 13.1 Å². The van der Waals surface area contributed by atoms with Gasteiger partial charge in [0.05, 0.1) is 15.6 Å². The number of rotatable bonds is 6. The Kier molecular flexibility index (Phi) is 5.93. The molecule has 18 heavy (non-hydrogen) atoms. The molecule has 1 aromatic carbocycles. The Morgan fingerprint density at radius 3 is 2.50 bits per heavy atom. The number of hydrogen-bond acceptors (Lipinski definition) is 2. The highest BCUT2D eigenvalue weighted by molar-refractivity contribution is 6.42. The third-order valence-electron chi connectivity index (χ3n) is 2.88. The van der Waals surface area contributed by atoms with Gasteiger partial charge in [-0.1, -0.05) is 43.1 Å². The van der Waals surface area contributed by atoms with Crippen LogP contribution in [0.3, 0.4) is 0 Å². The van der Waals surface area contributed by atoms with Crippen LogP contribution in [-0.4, -0.2) is 18.2 Å². The Hall–Kier alpha value is -0.280. The van der Waals surface area contributed by atoms with E-state index in [0.717, 1.165) is 18.7 Å². The molecule has 0 saturated carbocycles. The van der Waals surface area contributed by atoms with E-state index in [-0.39, 0.29) is 0 Å². The fourth-order valence-electron chi connectivity index (χ4n) is 1.70. The molecule has 0 amide bonds. The van der Waals surface area contributed by atoms with Crippen LogP contribution >= 0.6 is 23.2 Å². The molecule has 0 heterocycles. The van der Waals surface area contributed by atoms with Gasteiger partial charge in [0.2, 0.25) is 0 Å². The summed E-state index contributed by atoms with van der Waals surface area (Å²) < 4.78 is 0. The number of benzene rings is 1. The van der Waals surface area contributed by atoms with Gasteiger partial charge in [-0.2, -0.15) is 0 Å². The van der Waals surface area contributed by atoms with Crippen LogP contribution in [0, 0.1) is 5.92 Å². The van der Waals surface area contributed by atoms with Gasteiger partial charge in [-0.15, -0.1) is 0 Å². The van der Waals surface area contributed by atoms with E-state index in [4.69, 9.17) is 23.2 Å². The summed E-state index contributed by atoms with van der Waals surface area (Å²) in [5.41, 5.74) is -0.0960. The van der Waals surface area contributed by atoms with Crippen LogP contribution in [0.4, 0.5) is 0 Å². The Morgan fingerprint density at radius 1 is 1.28 bits per heavy atom. The highest BCUT2D eigenvalue weighted by Gasteiger charge is 2.23. The van der Waals surface area contributed by atoms with Crippen LogP contribution in [-0.2, 0) is 5.60 Å². The van der Waals surface area contributed by atoms with Crippen LogP contribution < -0.4 is 5.32 Å². The fourth-order valence-corrected chi connectivity index (χ4v) is 2.00. The molecule has 1 aromatic rings. The second kappa shape index (κ2) is 6.76. The zero-order valence-corrected chi connectivity index (χ0v) is 12.6. The lowest BCUT2D eigenvalue weighted by Crippen LogP contribution is -2.29. The van der Waals surface area contributed by atoms with Crippen molar-refractivity contribution in [1.82, 2.24) is 5.32 Å². The fraction of sp³-hybridized carbons (Fsp3) is 0.571. The molecular weight excluding hydrogens is 269 g/mol. The number of halogens is 2. The third kappa shape index (κ3) is 4.77. The minimum atomic E-state index is -0.891. The summed E-state index contributed by atoms with van der Waals surface area (Å²) in [7, 11) is 0. The van der Waals surface area contributed by atoms with Gasteiger partial charge in [0.1, 0.15) is 0 Å². The van der Waals surface area contributed by atoms with Gasteiger partial charge in [0.25, 0.3) is 0 Å². The maximum atomic E-state index is 10.4. The van der Waals surface area contributed by atoms with E-state index >= 15 is 0 Å². The van der Waals surface area contributed by atoms with Gasteiger partial charge in [0.15, 0.2) is 0 Å². The van der Waals surface area contributed by atoms with Crippen LogP contribution in [0.25, 0.3) is 0 Å². The topological polar surface area (TPSA) is 32.3 Å². The molecule has 0 aliphatic carbocycles. The molecule has 0 fully saturated rings. The molecule has 1 rings (SSSR count). The SMILES string of the molecule is CC(C)CNCCC(C)(O)c1ccc(Cl)c(Cl)c1. The van der Waals surface area contributed by atoms with Crippen molar-refractivity contribution in [1.29, 1.82) is 0 Å². The molecule has 4 heteroatoms. The standard InChI is InChI=1S/C14H21Cl2NO/c1-10(2)9-17-7-6-14(3,18)11-4-5-12(15)13(16)8-11/h4-5,8,10,17-18H,6-7,9H2,1-3H3. The lowest BCUT2D eigenvalue weighted by atomic mass is 9.92. The van der Waals surface area contributed by atoms with Crippen LogP contribution in [0.5, 0.6) is 0 Å². The molecule has 0 saturated heterocycles. The lowest BCUT2D eigenvalue weighted by Gasteiger charge is -2.24. The molecule has 102 valence electrons. The molecule has 1 unspecified atom stereocenters. The summed E-state index contributed by atoms with van der Waals surface area (Å²) in [6.07, 6.45) is 0.637. The summed E-state index contributed by atoms with van der Waals surface area (Å²) in [5.74, 6) is 0.611. The van der Waals surface area contributed by atoms with Gasteiger partial charge in [0, 0.05) is 0 Å². The summed E-state index contributed by atoms with van der Waals surface area (Å²) >= 11 is 11.8. The third-order valence-corrected chi connectivity index (χ3v) is 3.62. The van der Waals surface area contributed by atoms with E-state index in [0.29, 0.717) is 22.4 Å². The van der Waals surface area contributed by atoms with E-state index in [1.54, 1.807) is 19.1 Å². The minimum absolute atomic E-state index is 0.476. The van der Waals surface area contributed by atoms with Crippen LogP contribution in [0.15, 0.2) is 18.2 Å². The maximum Gasteiger partial charge on any atom is 0.0881 e. The Bertz CT molecular complexity index is 391. The molecule has 2 nitrogen and oxygen atoms in total. The van der Waals surface area contributed by atoms with Crippen molar-refractivity contribution in [2.45, 2.75) is 32.8 Å². The van der Waals surface area contributed by atoms with Crippen LogP contribution in [0.2, 0.25) is 10.0 Å². The molecule has 0 aromatic heterocycles. The van der Waals surface area contributed by atoms with Gasteiger partial charge >= 0.3 is 0 Å². The molecule has 1 atom stereocenters. The molecule has 0 spiro atoms. The highest BCUT2D eigenvalue weighted by Crippen LogP contribution is 2.30. The van der Waals surface area contributed by atoms with E-state index in [9.17, 15) is 5.11 Å². The van der Waals surface area contributed by atoms with Crippen molar-refractivity contribution in [3.63, 3.8) is 0 Å².